The molecule has 0 aliphatic heterocycles. The lowest BCUT2D eigenvalue weighted by Gasteiger charge is -2.09. The Hall–Kier alpha value is -2.27. The SMILES string of the molecule is Cc1c(F)cc([S+](c2ccc(F)cc2)c2ccc(F)cc2)cc1F. The second kappa shape index (κ2) is 6.69. The van der Waals surface area contributed by atoms with Gasteiger partial charge >= 0.3 is 0 Å². The number of halogens is 4. The summed E-state index contributed by atoms with van der Waals surface area (Å²) in [5.41, 5.74) is -0.0551. The van der Waals surface area contributed by atoms with Gasteiger partial charge in [-0.15, -0.1) is 0 Å². The van der Waals surface area contributed by atoms with Gasteiger partial charge in [0.2, 0.25) is 0 Å². The molecule has 0 spiro atoms. The topological polar surface area (TPSA) is 0 Å². The average Bonchev–Trinajstić information content (AvgIpc) is 2.56. The van der Waals surface area contributed by atoms with Gasteiger partial charge in [0.25, 0.3) is 0 Å². The molecule has 122 valence electrons. The molecule has 0 nitrogen and oxygen atoms in total. The normalized spacial score (nSPS) is 11.1. The van der Waals surface area contributed by atoms with Crippen molar-refractivity contribution in [2.75, 3.05) is 0 Å². The predicted molar refractivity (Wildman–Crippen MR) is 86.1 cm³/mol. The summed E-state index contributed by atoms with van der Waals surface area (Å²) >= 11 is 0. The van der Waals surface area contributed by atoms with Crippen LogP contribution in [-0.4, -0.2) is 0 Å². The maximum atomic E-state index is 14.0. The molecule has 3 rings (SSSR count). The third-order valence-electron chi connectivity index (χ3n) is 3.59. The van der Waals surface area contributed by atoms with Crippen molar-refractivity contribution < 1.29 is 17.6 Å². The average molecular weight is 349 g/mol. The summed E-state index contributed by atoms with van der Waals surface area (Å²) in [5, 5.41) is 0. The highest BCUT2D eigenvalue weighted by molar-refractivity contribution is 7.97. The zero-order valence-corrected chi connectivity index (χ0v) is 13.5. The molecule has 0 aliphatic carbocycles. The Morgan fingerprint density at radius 3 is 1.33 bits per heavy atom. The quantitative estimate of drug-likeness (QED) is 0.424. The number of benzene rings is 3. The fourth-order valence-electron chi connectivity index (χ4n) is 2.29. The van der Waals surface area contributed by atoms with Crippen molar-refractivity contribution in [3.8, 4) is 0 Å². The third kappa shape index (κ3) is 3.31. The van der Waals surface area contributed by atoms with E-state index in [0.29, 0.717) is 14.7 Å². The van der Waals surface area contributed by atoms with Crippen molar-refractivity contribution in [1.29, 1.82) is 0 Å². The van der Waals surface area contributed by atoms with Gasteiger partial charge in [-0.05, 0) is 55.5 Å². The Bertz CT molecular complexity index is 789. The monoisotopic (exact) mass is 349 g/mol. The van der Waals surface area contributed by atoms with Gasteiger partial charge in [0.15, 0.2) is 14.7 Å². The lowest BCUT2D eigenvalue weighted by Crippen LogP contribution is -2.07. The van der Waals surface area contributed by atoms with E-state index < -0.39 is 34.2 Å². The molecule has 0 saturated heterocycles. The summed E-state index contributed by atoms with van der Waals surface area (Å²) in [7, 11) is -0.873. The standard InChI is InChI=1S/C19H13F4S/c1-12-18(22)10-17(11-19(12)23)24(15-6-2-13(20)3-7-15)16-8-4-14(21)5-9-16/h2-11H,1H3/q+1. The van der Waals surface area contributed by atoms with Crippen LogP contribution in [0.4, 0.5) is 17.6 Å². The molecule has 0 aromatic heterocycles. The maximum Gasteiger partial charge on any atom is 0.172 e. The second-order valence-electron chi connectivity index (χ2n) is 5.23. The van der Waals surface area contributed by atoms with Crippen molar-refractivity contribution >= 4 is 10.9 Å². The van der Waals surface area contributed by atoms with Crippen LogP contribution in [0, 0.1) is 30.2 Å². The van der Waals surface area contributed by atoms with E-state index in [0.717, 1.165) is 0 Å². The highest BCUT2D eigenvalue weighted by atomic mass is 32.2. The molecule has 0 fully saturated rings. The minimum absolute atomic E-state index is 0.0551. The minimum atomic E-state index is -0.873. The van der Waals surface area contributed by atoms with Crippen LogP contribution in [0.15, 0.2) is 75.4 Å². The summed E-state index contributed by atoms with van der Waals surface area (Å²) in [6.07, 6.45) is 0. The summed E-state index contributed by atoms with van der Waals surface area (Å²) in [5.74, 6) is -2.09. The van der Waals surface area contributed by atoms with Crippen LogP contribution in [0.5, 0.6) is 0 Å². The number of hydrogen-bond acceptors (Lipinski definition) is 0. The van der Waals surface area contributed by atoms with Gasteiger partial charge in [0.05, 0.1) is 10.9 Å². The Morgan fingerprint density at radius 2 is 0.958 bits per heavy atom. The maximum absolute atomic E-state index is 14.0. The minimum Gasteiger partial charge on any atom is -0.207 e. The molecule has 5 heteroatoms. The first-order valence-electron chi connectivity index (χ1n) is 7.17. The molecule has 0 bridgehead atoms. The summed E-state index contributed by atoms with van der Waals surface area (Å²) in [6, 6.07) is 14.0. The molecule has 3 aromatic rings. The molecule has 0 radical (unpaired) electrons. The van der Waals surface area contributed by atoms with Gasteiger partial charge < -0.3 is 0 Å². The van der Waals surface area contributed by atoms with E-state index in [4.69, 9.17) is 0 Å². The first kappa shape index (κ1) is 16.6. The van der Waals surface area contributed by atoms with Crippen LogP contribution in [0.1, 0.15) is 5.56 Å². The highest BCUT2D eigenvalue weighted by Crippen LogP contribution is 2.33. The van der Waals surface area contributed by atoms with Crippen LogP contribution in [0.2, 0.25) is 0 Å². The van der Waals surface area contributed by atoms with E-state index in [-0.39, 0.29) is 5.56 Å². The smallest absolute Gasteiger partial charge is 0.172 e. The van der Waals surface area contributed by atoms with Crippen molar-refractivity contribution in [1.82, 2.24) is 0 Å². The molecule has 0 aliphatic rings. The molecule has 0 amide bonds. The Morgan fingerprint density at radius 1 is 0.583 bits per heavy atom. The molecule has 0 N–H and O–H groups in total. The first-order valence-corrected chi connectivity index (χ1v) is 8.39. The fraction of sp³-hybridized carbons (Fsp3) is 0.0526. The zero-order chi connectivity index (χ0) is 17.3. The Balaban J connectivity index is 2.18. The number of hydrogen-bond donors (Lipinski definition) is 0. The highest BCUT2D eigenvalue weighted by Gasteiger charge is 2.30. The van der Waals surface area contributed by atoms with Crippen LogP contribution >= 0.6 is 0 Å². The predicted octanol–water partition coefficient (Wildman–Crippen LogP) is 5.65. The van der Waals surface area contributed by atoms with E-state index in [9.17, 15) is 17.6 Å². The van der Waals surface area contributed by atoms with Crippen molar-refractivity contribution in [2.45, 2.75) is 21.6 Å². The molecule has 0 atom stereocenters. The second-order valence-corrected chi connectivity index (χ2v) is 7.25. The molecular formula is C19H13F4S+. The van der Waals surface area contributed by atoms with Gasteiger partial charge in [-0.2, -0.15) is 0 Å². The van der Waals surface area contributed by atoms with Gasteiger partial charge in [0, 0.05) is 17.7 Å². The summed E-state index contributed by atoms with van der Waals surface area (Å²) in [6.45, 7) is 1.36. The third-order valence-corrected chi connectivity index (χ3v) is 5.78. The van der Waals surface area contributed by atoms with E-state index in [1.807, 2.05) is 0 Å². The van der Waals surface area contributed by atoms with Crippen molar-refractivity contribution in [2.24, 2.45) is 0 Å². The first-order chi connectivity index (χ1) is 11.5. The molecule has 24 heavy (non-hydrogen) atoms. The molecule has 0 saturated carbocycles. The van der Waals surface area contributed by atoms with Gasteiger partial charge in [0.1, 0.15) is 23.3 Å². The van der Waals surface area contributed by atoms with Gasteiger partial charge in [-0.25, -0.2) is 17.6 Å². The van der Waals surface area contributed by atoms with E-state index in [1.165, 1.54) is 43.3 Å². The van der Waals surface area contributed by atoms with Crippen molar-refractivity contribution in [3.05, 3.63) is 89.5 Å². The summed E-state index contributed by atoms with van der Waals surface area (Å²) < 4.78 is 54.5. The molecule has 3 aromatic carbocycles. The summed E-state index contributed by atoms with van der Waals surface area (Å²) in [4.78, 5) is 1.78. The molecular weight excluding hydrogens is 336 g/mol. The lowest BCUT2D eigenvalue weighted by molar-refractivity contribution is 0.562. The van der Waals surface area contributed by atoms with Gasteiger partial charge in [-0.3, -0.25) is 0 Å². The Kier molecular flexibility index (Phi) is 4.62. The molecule has 0 heterocycles. The fourth-order valence-corrected chi connectivity index (χ4v) is 4.37. The lowest BCUT2D eigenvalue weighted by atomic mass is 10.2. The van der Waals surface area contributed by atoms with E-state index in [1.54, 1.807) is 24.3 Å². The Labute approximate surface area is 140 Å². The van der Waals surface area contributed by atoms with E-state index >= 15 is 0 Å². The van der Waals surface area contributed by atoms with Crippen LogP contribution in [-0.2, 0) is 10.9 Å². The van der Waals surface area contributed by atoms with Crippen LogP contribution in [0.3, 0.4) is 0 Å². The largest absolute Gasteiger partial charge is 0.207 e. The van der Waals surface area contributed by atoms with Crippen LogP contribution < -0.4 is 0 Å². The zero-order valence-electron chi connectivity index (χ0n) is 12.7. The van der Waals surface area contributed by atoms with E-state index in [2.05, 4.69) is 0 Å². The number of rotatable bonds is 3. The van der Waals surface area contributed by atoms with Crippen LogP contribution in [0.25, 0.3) is 0 Å². The van der Waals surface area contributed by atoms with Gasteiger partial charge in [-0.1, -0.05) is 0 Å². The molecule has 0 unspecified atom stereocenters. The van der Waals surface area contributed by atoms with Crippen molar-refractivity contribution in [3.63, 3.8) is 0 Å².